The Hall–Kier alpha value is -2.80. The van der Waals surface area contributed by atoms with E-state index in [0.717, 1.165) is 17.0 Å². The molecule has 2 aromatic rings. The van der Waals surface area contributed by atoms with Crippen molar-refractivity contribution in [2.75, 3.05) is 23.4 Å². The van der Waals surface area contributed by atoms with Gasteiger partial charge < -0.3 is 15.0 Å². The molecule has 28 heavy (non-hydrogen) atoms. The first-order valence-corrected chi connectivity index (χ1v) is 9.93. The predicted molar refractivity (Wildman–Crippen MR) is 110 cm³/mol. The molecule has 1 N–H and O–H groups in total. The molecule has 0 aliphatic carbocycles. The first-order chi connectivity index (χ1) is 13.4. The van der Waals surface area contributed by atoms with Crippen molar-refractivity contribution in [3.63, 3.8) is 0 Å². The Morgan fingerprint density at radius 3 is 2.75 bits per heavy atom. The van der Waals surface area contributed by atoms with Gasteiger partial charge in [0.05, 0.1) is 11.3 Å². The van der Waals surface area contributed by atoms with Gasteiger partial charge in [0.15, 0.2) is 6.61 Å². The van der Waals surface area contributed by atoms with Crippen LogP contribution in [0.25, 0.3) is 0 Å². The lowest BCUT2D eigenvalue weighted by atomic mass is 10.2. The number of benzene rings is 2. The van der Waals surface area contributed by atoms with Gasteiger partial charge in [-0.1, -0.05) is 25.1 Å². The Morgan fingerprint density at radius 2 is 1.96 bits per heavy atom. The Bertz CT molecular complexity index is 899. The average Bonchev–Trinajstić information content (AvgIpc) is 2.83. The molecule has 0 spiro atoms. The standard InChI is InChI=1S/C21H22N2O4S/c1-14-10-11-23(18-8-3-4-9-19(18)28-14)20(25)13-27-21(26)16-6-5-7-17(12-16)22-15(2)24/h3-9,12,14H,10-11,13H2,1-2H3,(H,22,24). The highest BCUT2D eigenvalue weighted by Gasteiger charge is 2.25. The molecule has 0 radical (unpaired) electrons. The fourth-order valence-corrected chi connectivity index (χ4v) is 4.07. The van der Waals surface area contributed by atoms with Crippen LogP contribution in [-0.4, -0.2) is 36.2 Å². The molecule has 1 heterocycles. The van der Waals surface area contributed by atoms with Crippen LogP contribution in [0.4, 0.5) is 11.4 Å². The number of anilines is 2. The van der Waals surface area contributed by atoms with Gasteiger partial charge in [-0.2, -0.15) is 0 Å². The van der Waals surface area contributed by atoms with Crippen LogP contribution >= 0.6 is 11.8 Å². The molecule has 3 rings (SSSR count). The van der Waals surface area contributed by atoms with Crippen LogP contribution in [0.1, 0.15) is 30.6 Å². The molecular weight excluding hydrogens is 376 g/mol. The van der Waals surface area contributed by atoms with E-state index in [-0.39, 0.29) is 24.0 Å². The molecule has 6 nitrogen and oxygen atoms in total. The number of fused-ring (bicyclic) bond motifs is 1. The fourth-order valence-electron chi connectivity index (χ4n) is 2.96. The van der Waals surface area contributed by atoms with Crippen LogP contribution in [0, 0.1) is 0 Å². The Morgan fingerprint density at radius 1 is 1.18 bits per heavy atom. The number of nitrogens with zero attached hydrogens (tertiary/aromatic N) is 1. The smallest absolute Gasteiger partial charge is 0.338 e. The van der Waals surface area contributed by atoms with E-state index in [1.807, 2.05) is 24.3 Å². The zero-order valence-electron chi connectivity index (χ0n) is 15.8. The summed E-state index contributed by atoms with van der Waals surface area (Å²) in [5.41, 5.74) is 1.63. The number of hydrogen-bond donors (Lipinski definition) is 1. The summed E-state index contributed by atoms with van der Waals surface area (Å²) in [6.45, 7) is 3.77. The number of thioether (sulfide) groups is 1. The monoisotopic (exact) mass is 398 g/mol. The molecule has 1 atom stereocenters. The normalized spacial score (nSPS) is 15.9. The highest BCUT2D eigenvalue weighted by molar-refractivity contribution is 8.00. The minimum Gasteiger partial charge on any atom is -0.452 e. The van der Waals surface area contributed by atoms with Crippen LogP contribution in [-0.2, 0) is 14.3 Å². The lowest BCUT2D eigenvalue weighted by Gasteiger charge is -2.22. The minimum absolute atomic E-state index is 0.229. The van der Waals surface area contributed by atoms with Gasteiger partial charge in [0.2, 0.25) is 5.91 Å². The Labute approximate surface area is 168 Å². The number of ether oxygens (including phenoxy) is 1. The van der Waals surface area contributed by atoms with Gasteiger partial charge in [0.1, 0.15) is 0 Å². The van der Waals surface area contributed by atoms with Gasteiger partial charge >= 0.3 is 5.97 Å². The number of nitrogens with one attached hydrogen (secondary N) is 1. The lowest BCUT2D eigenvalue weighted by Crippen LogP contribution is -2.35. The molecule has 0 fully saturated rings. The van der Waals surface area contributed by atoms with Crippen molar-refractivity contribution in [1.82, 2.24) is 0 Å². The van der Waals surface area contributed by atoms with Crippen molar-refractivity contribution < 1.29 is 19.1 Å². The van der Waals surface area contributed by atoms with Gasteiger partial charge in [0.25, 0.3) is 5.91 Å². The molecule has 146 valence electrons. The van der Waals surface area contributed by atoms with Crippen molar-refractivity contribution >= 4 is 40.9 Å². The van der Waals surface area contributed by atoms with Gasteiger partial charge in [-0.3, -0.25) is 9.59 Å². The summed E-state index contributed by atoms with van der Waals surface area (Å²) >= 11 is 1.75. The second-order valence-corrected chi connectivity index (χ2v) is 8.05. The second-order valence-electron chi connectivity index (χ2n) is 6.57. The number of carbonyl (C=O) groups is 3. The lowest BCUT2D eigenvalue weighted by molar-refractivity contribution is -0.121. The van der Waals surface area contributed by atoms with E-state index < -0.39 is 5.97 Å². The van der Waals surface area contributed by atoms with Crippen LogP contribution < -0.4 is 10.2 Å². The van der Waals surface area contributed by atoms with Gasteiger partial charge in [-0.05, 0) is 36.8 Å². The topological polar surface area (TPSA) is 75.7 Å². The van der Waals surface area contributed by atoms with Gasteiger partial charge in [-0.15, -0.1) is 11.8 Å². The third-order valence-electron chi connectivity index (χ3n) is 4.29. The second kappa shape index (κ2) is 8.93. The quantitative estimate of drug-likeness (QED) is 0.795. The molecule has 7 heteroatoms. The van der Waals surface area contributed by atoms with Crippen molar-refractivity contribution in [2.45, 2.75) is 30.4 Å². The van der Waals surface area contributed by atoms with Crippen molar-refractivity contribution in [3.05, 3.63) is 54.1 Å². The van der Waals surface area contributed by atoms with Crippen LogP contribution in [0.3, 0.4) is 0 Å². The molecule has 2 aromatic carbocycles. The van der Waals surface area contributed by atoms with Crippen molar-refractivity contribution in [3.8, 4) is 0 Å². The maximum absolute atomic E-state index is 12.8. The third kappa shape index (κ3) is 4.92. The molecule has 0 aromatic heterocycles. The van der Waals surface area contributed by atoms with Gasteiger partial charge in [-0.25, -0.2) is 4.79 Å². The van der Waals surface area contributed by atoms with Crippen LogP contribution in [0.5, 0.6) is 0 Å². The van der Waals surface area contributed by atoms with Crippen LogP contribution in [0.15, 0.2) is 53.4 Å². The SMILES string of the molecule is CC(=O)Nc1cccc(C(=O)OCC(=O)N2CCC(C)Sc3ccccc32)c1. The summed E-state index contributed by atoms with van der Waals surface area (Å²) in [5.74, 6) is -1.09. The van der Waals surface area contributed by atoms with E-state index in [2.05, 4.69) is 12.2 Å². The number of rotatable bonds is 4. The highest BCUT2D eigenvalue weighted by atomic mass is 32.2. The molecule has 0 saturated carbocycles. The van der Waals surface area contributed by atoms with Gasteiger partial charge in [0, 0.05) is 29.3 Å². The summed E-state index contributed by atoms with van der Waals surface area (Å²) in [6.07, 6.45) is 0.859. The maximum Gasteiger partial charge on any atom is 0.338 e. The summed E-state index contributed by atoms with van der Waals surface area (Å²) in [6, 6.07) is 14.2. The number of amides is 2. The van der Waals surface area contributed by atoms with E-state index in [1.165, 1.54) is 13.0 Å². The molecule has 2 amide bonds. The number of esters is 1. The number of para-hydroxylation sites is 1. The third-order valence-corrected chi connectivity index (χ3v) is 5.53. The summed E-state index contributed by atoms with van der Waals surface area (Å²) in [4.78, 5) is 39.0. The molecule has 0 saturated heterocycles. The predicted octanol–water partition coefficient (Wildman–Crippen LogP) is 3.72. The molecular formula is C21H22N2O4S. The first-order valence-electron chi connectivity index (χ1n) is 9.05. The fraction of sp³-hybridized carbons (Fsp3) is 0.286. The minimum atomic E-state index is -0.605. The maximum atomic E-state index is 12.8. The molecule has 1 aliphatic rings. The molecule has 1 unspecified atom stereocenters. The van der Waals surface area contributed by atoms with E-state index in [0.29, 0.717) is 17.5 Å². The van der Waals surface area contributed by atoms with E-state index in [1.54, 1.807) is 34.9 Å². The van der Waals surface area contributed by atoms with E-state index in [9.17, 15) is 14.4 Å². The summed E-state index contributed by atoms with van der Waals surface area (Å²) in [5, 5.41) is 3.02. The van der Waals surface area contributed by atoms with Crippen molar-refractivity contribution in [1.29, 1.82) is 0 Å². The zero-order valence-corrected chi connectivity index (χ0v) is 16.6. The summed E-state index contributed by atoms with van der Waals surface area (Å²) < 4.78 is 5.24. The first kappa shape index (κ1) is 19.9. The largest absolute Gasteiger partial charge is 0.452 e. The Balaban J connectivity index is 1.67. The van der Waals surface area contributed by atoms with Crippen LogP contribution in [0.2, 0.25) is 0 Å². The zero-order chi connectivity index (χ0) is 20.1. The summed E-state index contributed by atoms with van der Waals surface area (Å²) in [7, 11) is 0. The average molecular weight is 398 g/mol. The number of hydrogen-bond acceptors (Lipinski definition) is 5. The highest BCUT2D eigenvalue weighted by Crippen LogP contribution is 2.37. The number of carbonyl (C=O) groups excluding carboxylic acids is 3. The van der Waals surface area contributed by atoms with Crippen molar-refractivity contribution in [2.24, 2.45) is 0 Å². The van der Waals surface area contributed by atoms with E-state index >= 15 is 0 Å². The molecule has 0 bridgehead atoms. The molecule has 1 aliphatic heterocycles. The Kier molecular flexibility index (Phi) is 6.36. The van der Waals surface area contributed by atoms with E-state index in [4.69, 9.17) is 4.74 Å².